The highest BCUT2D eigenvalue weighted by Crippen LogP contribution is 2.18. The third-order valence-corrected chi connectivity index (χ3v) is 4.36. The molecule has 0 amide bonds. The lowest BCUT2D eigenvalue weighted by atomic mass is 10.1. The smallest absolute Gasteiger partial charge is 0.146 e. The molecule has 2 aromatic carbocycles. The number of aromatic nitrogens is 2. The van der Waals surface area contributed by atoms with Crippen molar-refractivity contribution >= 4 is 35.1 Å². The van der Waals surface area contributed by atoms with Crippen LogP contribution in [0.15, 0.2) is 84.1 Å². The molecule has 0 unspecified atom stereocenters. The molecule has 4 aromatic rings. The zero-order chi connectivity index (χ0) is 19.9. The van der Waals surface area contributed by atoms with Gasteiger partial charge in [0.1, 0.15) is 11.6 Å². The molecule has 5 nitrogen and oxygen atoms in total. The summed E-state index contributed by atoms with van der Waals surface area (Å²) in [7, 11) is 1.67. The summed E-state index contributed by atoms with van der Waals surface area (Å²) in [6, 6.07) is 23.8. The van der Waals surface area contributed by atoms with Crippen LogP contribution in [0.1, 0.15) is 16.8 Å². The predicted molar refractivity (Wildman–Crippen MR) is 119 cm³/mol. The molecule has 29 heavy (non-hydrogen) atoms. The zero-order valence-corrected chi connectivity index (χ0v) is 16.0. The number of hydrazone groups is 1. The molecule has 0 aliphatic heterocycles. The first kappa shape index (κ1) is 18.4. The first-order valence-electron chi connectivity index (χ1n) is 9.23. The van der Waals surface area contributed by atoms with Crippen molar-refractivity contribution in [3.63, 3.8) is 0 Å². The highest BCUT2D eigenvalue weighted by molar-refractivity contribution is 5.87. The lowest BCUT2D eigenvalue weighted by Crippen LogP contribution is -1.94. The number of hydrogen-bond acceptors (Lipinski definition) is 5. The van der Waals surface area contributed by atoms with Crippen LogP contribution in [0, 0.1) is 0 Å². The van der Waals surface area contributed by atoms with Gasteiger partial charge < -0.3 is 4.74 Å². The topological polar surface area (TPSA) is 59.4 Å². The fraction of sp³-hybridized carbons (Fsp3) is 0.0417. The third kappa shape index (κ3) is 4.84. The molecule has 0 saturated heterocycles. The van der Waals surface area contributed by atoms with Gasteiger partial charge >= 0.3 is 0 Å². The maximum atomic E-state index is 5.19. The second-order valence-electron chi connectivity index (χ2n) is 6.38. The number of benzene rings is 2. The Morgan fingerprint density at radius 2 is 1.72 bits per heavy atom. The Kier molecular flexibility index (Phi) is 5.58. The van der Waals surface area contributed by atoms with Crippen molar-refractivity contribution < 1.29 is 4.74 Å². The number of fused-ring (bicyclic) bond motifs is 1. The van der Waals surface area contributed by atoms with E-state index >= 15 is 0 Å². The summed E-state index contributed by atoms with van der Waals surface area (Å²) in [6.07, 6.45) is 7.57. The Labute approximate surface area is 169 Å². The van der Waals surface area contributed by atoms with Crippen LogP contribution < -0.4 is 10.2 Å². The van der Waals surface area contributed by atoms with E-state index in [0.29, 0.717) is 5.82 Å². The quantitative estimate of drug-likeness (QED) is 0.282. The van der Waals surface area contributed by atoms with Crippen molar-refractivity contribution in [2.45, 2.75) is 0 Å². The minimum absolute atomic E-state index is 0.692. The number of nitrogens with one attached hydrogen (secondary N) is 1. The highest BCUT2D eigenvalue weighted by Gasteiger charge is 1.98. The molecule has 2 heterocycles. The van der Waals surface area contributed by atoms with Gasteiger partial charge in [0.2, 0.25) is 0 Å². The van der Waals surface area contributed by atoms with Crippen LogP contribution in [0.4, 0.5) is 5.82 Å². The summed E-state index contributed by atoms with van der Waals surface area (Å²) in [6.45, 7) is 0. The van der Waals surface area contributed by atoms with Crippen LogP contribution in [0.2, 0.25) is 0 Å². The van der Waals surface area contributed by atoms with Gasteiger partial charge in [-0.25, -0.2) is 9.97 Å². The van der Waals surface area contributed by atoms with Crippen LogP contribution >= 0.6 is 0 Å². The van der Waals surface area contributed by atoms with Gasteiger partial charge in [-0.05, 0) is 53.6 Å². The average Bonchev–Trinajstić information content (AvgIpc) is 2.78. The van der Waals surface area contributed by atoms with Crippen LogP contribution in [-0.2, 0) is 0 Å². The Morgan fingerprint density at radius 3 is 2.52 bits per heavy atom. The van der Waals surface area contributed by atoms with E-state index in [9.17, 15) is 0 Å². The summed E-state index contributed by atoms with van der Waals surface area (Å²) >= 11 is 0. The molecule has 0 radical (unpaired) electrons. The molecule has 142 valence electrons. The van der Waals surface area contributed by atoms with Gasteiger partial charge in [-0.1, -0.05) is 42.5 Å². The van der Waals surface area contributed by atoms with Gasteiger partial charge in [0.15, 0.2) is 0 Å². The molecule has 0 fully saturated rings. The zero-order valence-electron chi connectivity index (χ0n) is 16.0. The van der Waals surface area contributed by atoms with Crippen LogP contribution in [0.3, 0.4) is 0 Å². The number of hydrogen-bond donors (Lipinski definition) is 1. The van der Waals surface area contributed by atoms with Gasteiger partial charge in [-0.3, -0.25) is 5.43 Å². The molecular weight excluding hydrogens is 360 g/mol. The van der Waals surface area contributed by atoms with Crippen molar-refractivity contribution in [2.75, 3.05) is 12.5 Å². The standard InChI is InChI=1S/C24H20N4O/c1-29-22-12-7-18(8-13-22)5-6-19-9-14-23-20(16-19)10-11-21(27-23)17-26-28-24-4-2-3-15-25-24/h2-17H,1H3,(H,25,28)/b6-5+,26-17+. The highest BCUT2D eigenvalue weighted by atomic mass is 16.5. The van der Waals surface area contributed by atoms with Gasteiger partial charge in [-0.15, -0.1) is 0 Å². The fourth-order valence-corrected chi connectivity index (χ4v) is 2.84. The van der Waals surface area contributed by atoms with E-state index in [4.69, 9.17) is 4.74 Å². The maximum absolute atomic E-state index is 5.19. The van der Waals surface area contributed by atoms with Crippen molar-refractivity contribution in [1.82, 2.24) is 9.97 Å². The molecule has 1 N–H and O–H groups in total. The van der Waals surface area contributed by atoms with E-state index in [1.54, 1.807) is 19.5 Å². The Balaban J connectivity index is 1.47. The largest absolute Gasteiger partial charge is 0.497 e. The van der Waals surface area contributed by atoms with Crippen molar-refractivity contribution in [3.05, 3.63) is 95.8 Å². The number of nitrogens with zero attached hydrogens (tertiary/aromatic N) is 3. The third-order valence-electron chi connectivity index (χ3n) is 4.36. The van der Waals surface area contributed by atoms with Crippen molar-refractivity contribution in [2.24, 2.45) is 5.10 Å². The number of pyridine rings is 2. The number of ether oxygens (including phenoxy) is 1. The summed E-state index contributed by atoms with van der Waals surface area (Å²) in [4.78, 5) is 8.80. The molecule has 2 aromatic heterocycles. The first-order chi connectivity index (χ1) is 14.3. The normalized spacial score (nSPS) is 11.3. The van der Waals surface area contributed by atoms with Crippen LogP contribution in [0.25, 0.3) is 23.1 Å². The number of methoxy groups -OCH3 is 1. The second-order valence-corrected chi connectivity index (χ2v) is 6.38. The lowest BCUT2D eigenvalue weighted by molar-refractivity contribution is 0.415. The Morgan fingerprint density at radius 1 is 0.897 bits per heavy atom. The number of anilines is 1. The maximum Gasteiger partial charge on any atom is 0.146 e. The first-order valence-corrected chi connectivity index (χ1v) is 9.23. The van der Waals surface area contributed by atoms with Gasteiger partial charge in [-0.2, -0.15) is 5.10 Å². The van der Waals surface area contributed by atoms with E-state index in [1.807, 2.05) is 54.6 Å². The minimum Gasteiger partial charge on any atom is -0.497 e. The van der Waals surface area contributed by atoms with Crippen molar-refractivity contribution in [1.29, 1.82) is 0 Å². The Bertz CT molecular complexity index is 1150. The van der Waals surface area contributed by atoms with Crippen molar-refractivity contribution in [3.8, 4) is 5.75 Å². The molecule has 0 atom stereocenters. The monoisotopic (exact) mass is 380 g/mol. The molecule has 0 aliphatic carbocycles. The van der Waals surface area contributed by atoms with Gasteiger partial charge in [0, 0.05) is 11.6 Å². The van der Waals surface area contributed by atoms with Crippen LogP contribution in [-0.4, -0.2) is 23.3 Å². The Hall–Kier alpha value is -3.99. The lowest BCUT2D eigenvalue weighted by Gasteiger charge is -2.02. The van der Waals surface area contributed by atoms with E-state index in [2.05, 4.69) is 50.8 Å². The van der Waals surface area contributed by atoms with E-state index in [0.717, 1.165) is 33.5 Å². The van der Waals surface area contributed by atoms with E-state index in [1.165, 1.54) is 0 Å². The predicted octanol–water partition coefficient (Wildman–Crippen LogP) is 5.25. The minimum atomic E-state index is 0.692. The summed E-state index contributed by atoms with van der Waals surface area (Å²) in [5, 5.41) is 5.27. The fourth-order valence-electron chi connectivity index (χ4n) is 2.84. The molecule has 0 saturated carbocycles. The van der Waals surface area contributed by atoms with Crippen LogP contribution in [0.5, 0.6) is 5.75 Å². The van der Waals surface area contributed by atoms with E-state index in [-0.39, 0.29) is 0 Å². The van der Waals surface area contributed by atoms with Gasteiger partial charge in [0.05, 0.1) is 24.5 Å². The average molecular weight is 380 g/mol. The molecule has 0 bridgehead atoms. The van der Waals surface area contributed by atoms with E-state index < -0.39 is 0 Å². The molecule has 0 spiro atoms. The summed E-state index contributed by atoms with van der Waals surface area (Å²) in [5.74, 6) is 1.55. The summed E-state index contributed by atoms with van der Waals surface area (Å²) in [5.41, 5.74) is 6.84. The molecule has 5 heteroatoms. The second kappa shape index (κ2) is 8.80. The molecular formula is C24H20N4O. The molecule has 4 rings (SSSR count). The molecule has 0 aliphatic rings. The van der Waals surface area contributed by atoms with Gasteiger partial charge in [0.25, 0.3) is 0 Å². The summed E-state index contributed by atoms with van der Waals surface area (Å²) < 4.78 is 5.19. The SMILES string of the molecule is COc1ccc(/C=C/c2ccc3nc(/C=N/Nc4ccccn4)ccc3c2)cc1. The number of rotatable bonds is 6.